The van der Waals surface area contributed by atoms with Crippen LogP contribution in [0.3, 0.4) is 0 Å². The van der Waals surface area contributed by atoms with E-state index in [9.17, 15) is 43.2 Å². The number of amides is 6. The number of aryl methyl sites for hydroxylation is 3. The molecule has 3 aromatic carbocycles. The number of carbonyl (C=O) groups is 6. The minimum atomic E-state index is -0.786. The van der Waals surface area contributed by atoms with Gasteiger partial charge in [0.25, 0.3) is 0 Å². The van der Waals surface area contributed by atoms with Gasteiger partial charge in [0.15, 0.2) is 0 Å². The van der Waals surface area contributed by atoms with E-state index in [1.807, 2.05) is 82.3 Å². The van der Waals surface area contributed by atoms with Gasteiger partial charge < -0.3 is 87.7 Å². The molecule has 6 aliphatic carbocycles. The average Bonchev–Trinajstić information content (AvgIpc) is 1.60. The molecule has 6 amide bonds. The number of hydrogen-bond acceptors (Lipinski definition) is 24. The van der Waals surface area contributed by atoms with Gasteiger partial charge >= 0.3 is 18.3 Å². The Labute approximate surface area is 833 Å². The van der Waals surface area contributed by atoms with Gasteiger partial charge in [-0.1, -0.05) is 154 Å². The predicted molar refractivity (Wildman–Crippen MR) is 499 cm³/mol. The number of carbonyl (C=O) groups excluding carboxylic acids is 9. The number of alkyl carbamates (subject to hydrolysis) is 3. The summed E-state index contributed by atoms with van der Waals surface area (Å²) in [6.07, 6.45) is 38.2. The first-order valence-corrected chi connectivity index (χ1v) is 49.8. The van der Waals surface area contributed by atoms with Crippen LogP contribution in [-0.2, 0) is 118 Å². The van der Waals surface area contributed by atoms with Crippen molar-refractivity contribution < 1.29 is 146 Å². The topological polar surface area (TPSA) is 360 Å². The molecule has 0 spiro atoms. The molecule has 0 unspecified atom stereocenters. The Kier molecular flexibility index (Phi) is 37.2. The maximum absolute atomic E-state index is 14.4. The summed E-state index contributed by atoms with van der Waals surface area (Å²) >= 11 is 0. The fourth-order valence-electron chi connectivity index (χ4n) is 23.1. The van der Waals surface area contributed by atoms with Crippen LogP contribution < -0.4 is 44.4 Å². The number of nitrogens with zero attached hydrogens (tertiary/aromatic N) is 9. The van der Waals surface area contributed by atoms with Crippen molar-refractivity contribution in [2.45, 2.75) is 344 Å². The Morgan fingerprint density at radius 1 is 0.370 bits per heavy atom. The van der Waals surface area contributed by atoms with E-state index in [0.717, 1.165) is 239 Å². The van der Waals surface area contributed by atoms with Crippen molar-refractivity contribution >= 4 is 88.0 Å². The van der Waals surface area contributed by atoms with Crippen molar-refractivity contribution in [2.24, 2.45) is 53.3 Å². The van der Waals surface area contributed by atoms with Crippen molar-refractivity contribution in [2.75, 3.05) is 41.0 Å². The molecule has 12 aliphatic rings. The summed E-state index contributed by atoms with van der Waals surface area (Å²) < 4.78 is 53.9. The van der Waals surface area contributed by atoms with Crippen LogP contribution >= 0.6 is 0 Å². The summed E-state index contributed by atoms with van der Waals surface area (Å²) in [5.74, 6) is 2.73. The number of fused-ring (bicyclic) bond motifs is 15. The first-order valence-electron chi connectivity index (χ1n) is 49.8. The van der Waals surface area contributed by atoms with Gasteiger partial charge in [-0.2, -0.15) is 0 Å². The molecule has 6 bridgehead atoms. The van der Waals surface area contributed by atoms with E-state index < -0.39 is 78.4 Å². The first-order chi connectivity index (χ1) is 64.3. The molecule has 3 saturated heterocycles. The molecule has 9 fully saturated rings. The molecule has 33 heteroatoms. The fourth-order valence-corrected chi connectivity index (χ4v) is 23.1. The van der Waals surface area contributed by atoms with Crippen LogP contribution in [0.15, 0.2) is 54.6 Å². The second-order valence-electron chi connectivity index (χ2n) is 39.4. The van der Waals surface area contributed by atoms with Gasteiger partial charge in [0, 0.05) is 84.1 Å². The second kappa shape index (κ2) is 48.4. The van der Waals surface area contributed by atoms with Gasteiger partial charge in [-0.3, -0.25) is 14.4 Å². The molecular weight excluding hydrogens is 1830 g/mol. The monoisotopic (exact) mass is 1970 g/mol. The van der Waals surface area contributed by atoms with E-state index in [1.54, 1.807) is 36.0 Å². The predicted octanol–water partition coefficient (Wildman–Crippen LogP) is 16.6. The number of aromatic nitrogens is 6. The number of ether oxygens (including phenoxy) is 9. The zero-order valence-corrected chi connectivity index (χ0v) is 83.6. The molecule has 135 heavy (non-hydrogen) atoms. The summed E-state index contributed by atoms with van der Waals surface area (Å²) in [5, 5.41) is 8.92. The van der Waals surface area contributed by atoms with Crippen LogP contribution in [0.25, 0.3) is 33.1 Å². The van der Waals surface area contributed by atoms with Gasteiger partial charge in [-0.05, 0) is 219 Å². The molecule has 18 rings (SSSR count). The molecule has 3 N–H and O–H groups in total. The molecule has 3 aromatic heterocycles. The number of hydrogen-bond donors (Lipinski definition) is 3. The Bertz CT molecular complexity index is 5090. The SMILES string of the molecule is CC[C@@H]1[C@@H]2CN(C(=O)[C@H](C3CCCCC3)NC(=O)O[C@@H]3CCC[C@H]3CCCCCc3nc4ccc(OC)cc4nc3O2)[C@@H]1[C-]=O.CC[C@@H]1[C@@H]2CN(C(=O)[C@H](C3CCCCC3)NC(=O)O[C@@H]3C[C@H]3CCCCCc3nc4ccc(OC)cc4nc3O2)[C@@H]1[C-]=O.CC[C@@H]1[C@@H]2CN(C(=O)[C@H](C3CCCCC3)NC(=O)O[C@]3(C)C[C@H]3CCCCCc3nc4ccc(OC)cc4nc3O2)[C@@H]1[C-]=O.[HH].[HH].[HH].[V].[V].[V]. The normalized spacial score (nSPS) is 30.2. The minimum absolute atomic E-state index is 0. The van der Waals surface area contributed by atoms with Gasteiger partial charge in [0.05, 0.1) is 74.1 Å². The van der Waals surface area contributed by atoms with Crippen molar-refractivity contribution in [1.82, 2.24) is 60.6 Å². The van der Waals surface area contributed by atoms with Gasteiger partial charge in [-0.25, -0.2) is 63.1 Å². The molecule has 9 heterocycles. The zero-order chi connectivity index (χ0) is 92.1. The van der Waals surface area contributed by atoms with Crippen LogP contribution in [-0.4, -0.2) is 213 Å². The van der Waals surface area contributed by atoms with E-state index in [2.05, 4.69) is 34.8 Å². The van der Waals surface area contributed by atoms with E-state index >= 15 is 0 Å². The van der Waals surface area contributed by atoms with E-state index in [-0.39, 0.29) is 145 Å². The van der Waals surface area contributed by atoms with E-state index in [0.29, 0.717) is 108 Å². The first kappa shape index (κ1) is 104. The summed E-state index contributed by atoms with van der Waals surface area (Å²) in [4.78, 5) is 154. The second-order valence-corrected chi connectivity index (χ2v) is 39.4. The van der Waals surface area contributed by atoms with Crippen LogP contribution in [0, 0.1) is 53.3 Å². The standard InChI is InChI=1S/C35H47N4O6.C34H45N4O6.C33H43N4O6.3V.3H2/c1-3-25-29(21-40)39-20-31(25)44-33-27(36-26-18-17-24(43-2)19-28(26)37-33)15-9-5-6-11-22-14-10-16-30(22)45-35(42)38-32(34(39)41)23-12-7-4-8-13-23;1-4-24-28(20-39)38-19-29(24)43-31-26(35-25-16-15-23(42-3)17-27(25)36-31)14-10-6-9-13-22-18-34(22,2)44-33(41)37-30(32(38)40)21-11-7-5-8-12-21;1-3-23-27(19-38)37-18-29(23)42-31-25(34-24-15-14-22(41-2)17-26(24)35-31)13-9-5-8-12-21-16-28(21)43-33(40)36-30(32(37)39)20-10-6-4-7-11-20;;;;;;/h17-19,22-23,25,29-32H,3-16,20H2,1-2H3,(H,38,42);15-17,21-22,24,28-30H,4-14,18-19H2,1-3H3,(H,37,41);14-15,17,20-21,23,27-30H,3-13,16,18H2,1-2H3,(H,36,40);;;;3*1H/q3*-1;;;;;;/t22-,25+,29-,30-,31+,32+;22-,24+,28-,29+,30+,34-;21-,23+,27-,28-,29+,30+;;;;;;/m111....../s1. The van der Waals surface area contributed by atoms with Crippen molar-refractivity contribution in [3.63, 3.8) is 0 Å². The fraction of sp³-hybridized carbons (Fsp3) is 0.676. The Morgan fingerprint density at radius 3 is 1.04 bits per heavy atom. The van der Waals surface area contributed by atoms with E-state index in [1.165, 1.54) is 0 Å². The van der Waals surface area contributed by atoms with Crippen molar-refractivity contribution in [3.8, 4) is 34.9 Å². The Hall–Kier alpha value is -8.54. The van der Waals surface area contributed by atoms with Crippen LogP contribution in [0.1, 0.15) is 274 Å². The van der Waals surface area contributed by atoms with E-state index in [4.69, 9.17) is 72.5 Å². The third-order valence-corrected chi connectivity index (χ3v) is 31.0. The van der Waals surface area contributed by atoms with Crippen LogP contribution in [0.2, 0.25) is 0 Å². The number of benzene rings is 3. The third-order valence-electron chi connectivity index (χ3n) is 31.0. The summed E-state index contributed by atoms with van der Waals surface area (Å²) in [6.45, 7) is 8.59. The van der Waals surface area contributed by atoms with Crippen molar-refractivity contribution in [1.29, 1.82) is 0 Å². The minimum Gasteiger partial charge on any atom is -0.540 e. The maximum atomic E-state index is 14.4. The Morgan fingerprint density at radius 2 is 0.689 bits per heavy atom. The summed E-state index contributed by atoms with van der Waals surface area (Å²) in [7, 11) is 4.85. The molecule has 3 radical (unpaired) electrons. The zero-order valence-electron chi connectivity index (χ0n) is 79.4. The molecule has 6 saturated carbocycles. The van der Waals surface area contributed by atoms with Gasteiger partial charge in [0.2, 0.25) is 35.4 Å². The smallest absolute Gasteiger partial charge is 0.408 e. The molecule has 30 nitrogen and oxygen atoms in total. The largest absolute Gasteiger partial charge is 0.540 e. The number of methoxy groups -OCH3 is 3. The molecule has 6 aromatic rings. The Balaban J connectivity index is 0.000000209. The third kappa shape index (κ3) is 24.7. The summed E-state index contributed by atoms with van der Waals surface area (Å²) in [6, 6.07) is 12.3. The molecule has 735 valence electrons. The summed E-state index contributed by atoms with van der Waals surface area (Å²) in [5.41, 5.74) is 6.14. The van der Waals surface area contributed by atoms with Crippen molar-refractivity contribution in [3.05, 3.63) is 71.7 Å². The molecular formula is C102H141N12O18V3-3. The van der Waals surface area contributed by atoms with Crippen LogP contribution in [0.5, 0.6) is 34.9 Å². The van der Waals surface area contributed by atoms with Crippen LogP contribution in [0.4, 0.5) is 14.4 Å². The van der Waals surface area contributed by atoms with Gasteiger partial charge in [-0.15, -0.1) is 0 Å². The van der Waals surface area contributed by atoms with Gasteiger partial charge in [0.1, 0.15) is 88.6 Å². The molecule has 6 aliphatic heterocycles. The molecule has 18 atom stereocenters. The number of nitrogens with one attached hydrogen (secondary N) is 3. The quantitative estimate of drug-likeness (QED) is 0.0756. The maximum Gasteiger partial charge on any atom is 0.408 e. The number of rotatable bonds is 12. The average molecular weight is 1980 g/mol.